The zero-order valence-electron chi connectivity index (χ0n) is 10.6. The fraction of sp³-hybridized carbons (Fsp3) is 0.500. The van der Waals surface area contributed by atoms with Crippen molar-refractivity contribution >= 4 is 18.3 Å². The molecule has 1 saturated heterocycles. The van der Waals surface area contributed by atoms with Crippen LogP contribution in [0.15, 0.2) is 18.2 Å². The van der Waals surface area contributed by atoms with Gasteiger partial charge >= 0.3 is 7.12 Å². The lowest BCUT2D eigenvalue weighted by molar-refractivity contribution is 0.00578. The lowest BCUT2D eigenvalue weighted by Crippen LogP contribution is -2.41. The van der Waals surface area contributed by atoms with E-state index in [9.17, 15) is 4.39 Å². The van der Waals surface area contributed by atoms with Crippen molar-refractivity contribution in [3.05, 3.63) is 24.0 Å². The van der Waals surface area contributed by atoms with Gasteiger partial charge in [0.25, 0.3) is 0 Å². The van der Waals surface area contributed by atoms with Crippen LogP contribution in [0.5, 0.6) is 0 Å². The van der Waals surface area contributed by atoms with Gasteiger partial charge in [0, 0.05) is 11.2 Å². The number of benzene rings is 1. The largest absolute Gasteiger partial charge is 0.497 e. The molecule has 0 spiro atoms. The van der Waals surface area contributed by atoms with Crippen molar-refractivity contribution in [3.63, 3.8) is 0 Å². The number of rotatable bonds is 1. The summed E-state index contributed by atoms with van der Waals surface area (Å²) in [6, 6.07) is 4.40. The van der Waals surface area contributed by atoms with Crippen LogP contribution in [0, 0.1) is 5.82 Å². The summed E-state index contributed by atoms with van der Waals surface area (Å²) in [7, 11) is -0.705. The smallest absolute Gasteiger partial charge is 0.399 e. The van der Waals surface area contributed by atoms with Gasteiger partial charge in [-0.2, -0.15) is 0 Å². The topological polar surface area (TPSA) is 44.5 Å². The summed E-state index contributed by atoms with van der Waals surface area (Å²) in [5, 5.41) is 0. The Morgan fingerprint density at radius 2 is 1.65 bits per heavy atom. The molecular formula is C12H17BFNO2. The molecule has 1 aromatic rings. The van der Waals surface area contributed by atoms with Crippen molar-refractivity contribution in [2.45, 2.75) is 38.9 Å². The van der Waals surface area contributed by atoms with Crippen LogP contribution in [0.4, 0.5) is 10.1 Å². The molecular weight excluding hydrogens is 220 g/mol. The van der Waals surface area contributed by atoms with Crippen molar-refractivity contribution < 1.29 is 13.7 Å². The average molecular weight is 237 g/mol. The zero-order chi connectivity index (χ0) is 12.8. The van der Waals surface area contributed by atoms with Crippen LogP contribution in [-0.4, -0.2) is 18.3 Å². The molecule has 0 amide bonds. The molecule has 1 aliphatic heterocycles. The number of hydrogen-bond acceptors (Lipinski definition) is 3. The Hall–Kier alpha value is -1.07. The van der Waals surface area contributed by atoms with Crippen molar-refractivity contribution in [2.24, 2.45) is 0 Å². The third kappa shape index (κ3) is 2.05. The molecule has 1 aromatic carbocycles. The molecule has 17 heavy (non-hydrogen) atoms. The maximum absolute atomic E-state index is 13.7. The first kappa shape index (κ1) is 12.4. The molecule has 1 aliphatic rings. The molecule has 0 bridgehead atoms. The van der Waals surface area contributed by atoms with Crippen LogP contribution in [0.2, 0.25) is 0 Å². The van der Waals surface area contributed by atoms with Gasteiger partial charge in [-0.25, -0.2) is 4.39 Å². The van der Waals surface area contributed by atoms with Gasteiger partial charge in [-0.05, 0) is 45.9 Å². The molecule has 1 heterocycles. The first-order valence-electron chi connectivity index (χ1n) is 5.63. The third-order valence-corrected chi connectivity index (χ3v) is 3.53. The Morgan fingerprint density at radius 3 is 2.18 bits per heavy atom. The van der Waals surface area contributed by atoms with E-state index in [1.165, 1.54) is 12.1 Å². The molecule has 0 aliphatic carbocycles. The average Bonchev–Trinajstić information content (AvgIpc) is 2.40. The molecule has 5 heteroatoms. The lowest BCUT2D eigenvalue weighted by atomic mass is 9.78. The fourth-order valence-electron chi connectivity index (χ4n) is 1.71. The molecule has 0 radical (unpaired) electrons. The Kier molecular flexibility index (Phi) is 2.71. The SMILES string of the molecule is CC1(C)OB(c2cc(N)ccc2F)OC1(C)C. The number of halogens is 1. The van der Waals surface area contributed by atoms with Gasteiger partial charge in [-0.1, -0.05) is 0 Å². The fourth-order valence-corrected chi connectivity index (χ4v) is 1.71. The Bertz CT molecular complexity index is 432. The van der Waals surface area contributed by atoms with Gasteiger partial charge in [-0.15, -0.1) is 0 Å². The molecule has 92 valence electrons. The number of hydrogen-bond donors (Lipinski definition) is 1. The van der Waals surface area contributed by atoms with Crippen molar-refractivity contribution in [1.29, 1.82) is 0 Å². The van der Waals surface area contributed by atoms with Crippen molar-refractivity contribution in [2.75, 3.05) is 5.73 Å². The molecule has 0 unspecified atom stereocenters. The summed E-state index contributed by atoms with van der Waals surface area (Å²) >= 11 is 0. The second-order valence-corrected chi connectivity index (χ2v) is 5.37. The molecule has 1 fully saturated rings. The summed E-state index contributed by atoms with van der Waals surface area (Å²) in [6.07, 6.45) is 0. The van der Waals surface area contributed by atoms with Crippen LogP contribution in [0.3, 0.4) is 0 Å². The minimum Gasteiger partial charge on any atom is -0.399 e. The minimum absolute atomic E-state index is 0.351. The highest BCUT2D eigenvalue weighted by Crippen LogP contribution is 2.36. The molecule has 2 N–H and O–H groups in total. The maximum atomic E-state index is 13.7. The highest BCUT2D eigenvalue weighted by atomic mass is 19.1. The van der Waals surface area contributed by atoms with Gasteiger partial charge in [0.15, 0.2) is 0 Å². The van der Waals surface area contributed by atoms with Crippen LogP contribution >= 0.6 is 0 Å². The Labute approximate surface area is 101 Å². The van der Waals surface area contributed by atoms with E-state index in [1.807, 2.05) is 27.7 Å². The Balaban J connectivity index is 2.35. The normalized spacial score (nSPS) is 21.8. The lowest BCUT2D eigenvalue weighted by Gasteiger charge is -2.32. The highest BCUT2D eigenvalue weighted by molar-refractivity contribution is 6.62. The van der Waals surface area contributed by atoms with Gasteiger partial charge in [0.2, 0.25) is 0 Å². The van der Waals surface area contributed by atoms with E-state index in [4.69, 9.17) is 15.0 Å². The standard InChI is InChI=1S/C12H17BFNO2/c1-11(2)12(3,4)17-13(16-11)9-7-8(15)5-6-10(9)14/h5-7H,15H2,1-4H3. The van der Waals surface area contributed by atoms with Gasteiger partial charge in [0.05, 0.1) is 11.2 Å². The molecule has 3 nitrogen and oxygen atoms in total. The first-order chi connectivity index (χ1) is 7.73. The van der Waals surface area contributed by atoms with E-state index in [2.05, 4.69) is 0 Å². The van der Waals surface area contributed by atoms with E-state index in [1.54, 1.807) is 6.07 Å². The second-order valence-electron chi connectivity index (χ2n) is 5.37. The van der Waals surface area contributed by atoms with E-state index < -0.39 is 18.3 Å². The van der Waals surface area contributed by atoms with Crippen LogP contribution in [0.1, 0.15) is 27.7 Å². The van der Waals surface area contributed by atoms with E-state index >= 15 is 0 Å². The minimum atomic E-state index is -0.705. The van der Waals surface area contributed by atoms with Crippen LogP contribution in [0.25, 0.3) is 0 Å². The summed E-state index contributed by atoms with van der Waals surface area (Å²) in [4.78, 5) is 0. The van der Waals surface area contributed by atoms with Crippen molar-refractivity contribution in [1.82, 2.24) is 0 Å². The first-order valence-corrected chi connectivity index (χ1v) is 5.63. The van der Waals surface area contributed by atoms with E-state index in [0.29, 0.717) is 11.2 Å². The molecule has 0 atom stereocenters. The van der Waals surface area contributed by atoms with Gasteiger partial charge in [0.1, 0.15) is 5.82 Å². The predicted molar refractivity (Wildman–Crippen MR) is 66.5 cm³/mol. The summed E-state index contributed by atoms with van der Waals surface area (Å²) in [6.45, 7) is 7.71. The van der Waals surface area contributed by atoms with Crippen LogP contribution in [-0.2, 0) is 9.31 Å². The number of anilines is 1. The summed E-state index contributed by atoms with van der Waals surface area (Å²) < 4.78 is 25.2. The van der Waals surface area contributed by atoms with E-state index in [0.717, 1.165) is 0 Å². The molecule has 0 saturated carbocycles. The van der Waals surface area contributed by atoms with Crippen LogP contribution < -0.4 is 11.2 Å². The second kappa shape index (κ2) is 3.72. The van der Waals surface area contributed by atoms with Gasteiger partial charge < -0.3 is 15.0 Å². The summed E-state index contributed by atoms with van der Waals surface area (Å²) in [5.41, 5.74) is 5.54. The Morgan fingerprint density at radius 1 is 1.12 bits per heavy atom. The predicted octanol–water partition coefficient (Wildman–Crippen LogP) is 1.71. The van der Waals surface area contributed by atoms with E-state index in [-0.39, 0.29) is 5.82 Å². The van der Waals surface area contributed by atoms with Crippen molar-refractivity contribution in [3.8, 4) is 0 Å². The monoisotopic (exact) mass is 237 g/mol. The molecule has 0 aromatic heterocycles. The summed E-state index contributed by atoms with van der Waals surface area (Å²) in [5.74, 6) is -0.363. The van der Waals surface area contributed by atoms with Gasteiger partial charge in [-0.3, -0.25) is 0 Å². The molecule has 2 rings (SSSR count). The highest BCUT2D eigenvalue weighted by Gasteiger charge is 2.52. The zero-order valence-corrected chi connectivity index (χ0v) is 10.6. The number of nitrogens with two attached hydrogens (primary N) is 1. The number of nitrogen functional groups attached to an aromatic ring is 1. The quantitative estimate of drug-likeness (QED) is 0.597. The third-order valence-electron chi connectivity index (χ3n) is 3.53. The maximum Gasteiger partial charge on any atom is 0.497 e.